The Hall–Kier alpha value is -3.83. The predicted octanol–water partition coefficient (Wildman–Crippen LogP) is 0.960. The van der Waals surface area contributed by atoms with Gasteiger partial charge in [0.15, 0.2) is 22.8 Å². The third kappa shape index (κ3) is 3.58. The number of nitrogens with zero attached hydrogens (tertiary/aromatic N) is 1. The van der Waals surface area contributed by atoms with Crippen LogP contribution >= 0.6 is 0 Å². The van der Waals surface area contributed by atoms with Gasteiger partial charge >= 0.3 is 18.2 Å². The number of para-hydroxylation sites is 1. The Morgan fingerprint density at radius 3 is 2.33 bits per heavy atom. The summed E-state index contributed by atoms with van der Waals surface area (Å²) >= 11 is 0. The molecule has 0 amide bonds. The fourth-order valence-corrected chi connectivity index (χ4v) is 2.81. The highest BCUT2D eigenvalue weighted by atomic mass is 16.8. The number of methoxy groups -OCH3 is 3. The molecule has 11 nitrogen and oxygen atoms in total. The van der Waals surface area contributed by atoms with Crippen LogP contribution in [0.3, 0.4) is 0 Å². The summed E-state index contributed by atoms with van der Waals surface area (Å²) in [5.41, 5.74) is -1.77. The number of aromatic nitrogens is 1. The van der Waals surface area contributed by atoms with Gasteiger partial charge in [0.2, 0.25) is 0 Å². The Morgan fingerprint density at radius 1 is 1.07 bits per heavy atom. The van der Waals surface area contributed by atoms with Gasteiger partial charge in [0.1, 0.15) is 0 Å². The number of aliphatic hydroxyl groups is 1. The van der Waals surface area contributed by atoms with Gasteiger partial charge in [-0.15, -0.1) is 0 Å². The highest BCUT2D eigenvalue weighted by Gasteiger charge is 2.23. The zero-order valence-corrected chi connectivity index (χ0v) is 16.1. The Balaban J connectivity index is 2.34. The molecule has 158 valence electrons. The lowest BCUT2D eigenvalue weighted by Crippen LogP contribution is -2.32. The predicted molar refractivity (Wildman–Crippen MR) is 102 cm³/mol. The zero-order chi connectivity index (χ0) is 22.0. The summed E-state index contributed by atoms with van der Waals surface area (Å²) in [5, 5.41) is 19.0. The Bertz CT molecular complexity index is 1230. The minimum Gasteiger partial charge on any atom is -0.493 e. The molecule has 3 rings (SSSR count). The second-order valence-corrected chi connectivity index (χ2v) is 5.83. The first-order chi connectivity index (χ1) is 14.3. The molecule has 0 aliphatic heterocycles. The van der Waals surface area contributed by atoms with E-state index >= 15 is 0 Å². The number of carboxylic acid groups (broad SMARTS) is 1. The van der Waals surface area contributed by atoms with Gasteiger partial charge in [0, 0.05) is 19.2 Å². The summed E-state index contributed by atoms with van der Waals surface area (Å²) in [7, 11) is 3.82. The highest BCUT2D eigenvalue weighted by molar-refractivity contribution is 5.93. The first-order valence-corrected chi connectivity index (χ1v) is 8.38. The van der Waals surface area contributed by atoms with E-state index in [1.165, 1.54) is 45.6 Å². The van der Waals surface area contributed by atoms with Crippen LogP contribution in [0, 0.1) is 0 Å². The smallest absolute Gasteiger partial charge is 0.427 e. The van der Waals surface area contributed by atoms with Crippen molar-refractivity contribution < 1.29 is 38.4 Å². The number of benzene rings is 2. The number of hydrogen-bond donors (Lipinski definition) is 2. The van der Waals surface area contributed by atoms with Crippen LogP contribution in [0.4, 0.5) is 0 Å². The number of aromatic carboxylic acids is 1. The minimum atomic E-state index is -1.66. The van der Waals surface area contributed by atoms with E-state index in [1.54, 1.807) is 0 Å². The molecule has 0 bridgehead atoms. The SMILES string of the molecule is COc1cc(C(=O)O)c(-n2c(=O)oc3c(OC(O)OC)cccc3c2=O)cc1OC. The molecule has 0 aliphatic rings. The molecule has 1 unspecified atom stereocenters. The normalized spacial score (nSPS) is 11.9. The van der Waals surface area contributed by atoms with E-state index in [0.29, 0.717) is 4.57 Å². The van der Waals surface area contributed by atoms with Gasteiger partial charge < -0.3 is 33.6 Å². The molecule has 1 atom stereocenters. The summed E-state index contributed by atoms with van der Waals surface area (Å²) in [6.07, 6.45) is 0. The van der Waals surface area contributed by atoms with E-state index in [0.717, 1.165) is 6.07 Å². The van der Waals surface area contributed by atoms with Gasteiger partial charge in [-0.3, -0.25) is 4.79 Å². The maximum Gasteiger partial charge on any atom is 0.427 e. The van der Waals surface area contributed by atoms with Crippen molar-refractivity contribution >= 4 is 16.9 Å². The third-order valence-electron chi connectivity index (χ3n) is 4.19. The van der Waals surface area contributed by atoms with Crippen LogP contribution in [0.2, 0.25) is 0 Å². The fourth-order valence-electron chi connectivity index (χ4n) is 2.81. The average molecular weight is 419 g/mol. The van der Waals surface area contributed by atoms with E-state index in [-0.39, 0.29) is 39.5 Å². The van der Waals surface area contributed by atoms with Gasteiger partial charge in [-0.25, -0.2) is 14.2 Å². The summed E-state index contributed by atoms with van der Waals surface area (Å²) in [6, 6.07) is 6.45. The first-order valence-electron chi connectivity index (χ1n) is 8.38. The largest absolute Gasteiger partial charge is 0.493 e. The maximum absolute atomic E-state index is 13.1. The van der Waals surface area contributed by atoms with Crippen molar-refractivity contribution in [3.63, 3.8) is 0 Å². The molecule has 30 heavy (non-hydrogen) atoms. The monoisotopic (exact) mass is 419 g/mol. The molecular formula is C19H17NO10. The van der Waals surface area contributed by atoms with Gasteiger partial charge in [-0.2, -0.15) is 0 Å². The van der Waals surface area contributed by atoms with Crippen molar-refractivity contribution in [3.05, 3.63) is 56.8 Å². The molecule has 0 saturated carbocycles. The van der Waals surface area contributed by atoms with E-state index in [2.05, 4.69) is 4.74 Å². The van der Waals surface area contributed by atoms with Crippen LogP contribution in [0.25, 0.3) is 16.7 Å². The minimum absolute atomic E-state index is 0.0958. The number of aliphatic hydroxyl groups excluding tert-OH is 1. The lowest BCUT2D eigenvalue weighted by Gasteiger charge is -2.15. The van der Waals surface area contributed by atoms with E-state index in [4.69, 9.17) is 18.6 Å². The molecule has 1 aromatic heterocycles. The van der Waals surface area contributed by atoms with Crippen LogP contribution in [0.5, 0.6) is 17.2 Å². The summed E-state index contributed by atoms with van der Waals surface area (Å²) < 4.78 is 25.7. The van der Waals surface area contributed by atoms with E-state index < -0.39 is 23.8 Å². The molecular weight excluding hydrogens is 402 g/mol. The number of ether oxygens (including phenoxy) is 4. The van der Waals surface area contributed by atoms with Gasteiger partial charge in [0.05, 0.1) is 30.9 Å². The van der Waals surface area contributed by atoms with Crippen molar-refractivity contribution in [1.29, 1.82) is 0 Å². The Morgan fingerprint density at radius 2 is 1.73 bits per heavy atom. The number of carboxylic acids is 1. The first kappa shape index (κ1) is 20.9. The quantitative estimate of drug-likeness (QED) is 0.531. The molecule has 2 aromatic carbocycles. The number of rotatable bonds is 7. The number of fused-ring (bicyclic) bond motifs is 1. The van der Waals surface area contributed by atoms with Crippen molar-refractivity contribution in [2.24, 2.45) is 0 Å². The second kappa shape index (κ2) is 8.27. The van der Waals surface area contributed by atoms with E-state index in [9.17, 15) is 24.6 Å². The van der Waals surface area contributed by atoms with Crippen LogP contribution in [0.1, 0.15) is 10.4 Å². The molecule has 3 aromatic rings. The summed E-state index contributed by atoms with van der Waals surface area (Å²) in [5.74, 6) is -2.50. The van der Waals surface area contributed by atoms with Crippen molar-refractivity contribution in [2.75, 3.05) is 21.3 Å². The standard InChI is InChI=1S/C19H17NO10/c1-26-13-7-10(17(22)23)11(8-14(13)27-2)20-16(21)9-5-4-6-12(29-19(25)28-3)15(9)30-18(20)24/h4-8,19,25H,1-3H3,(H,22,23). The van der Waals surface area contributed by atoms with Crippen LogP contribution in [0.15, 0.2) is 44.3 Å². The third-order valence-corrected chi connectivity index (χ3v) is 4.19. The van der Waals surface area contributed by atoms with Gasteiger partial charge in [-0.1, -0.05) is 6.07 Å². The Labute approximate surface area is 168 Å². The molecule has 0 spiro atoms. The van der Waals surface area contributed by atoms with Crippen LogP contribution in [-0.4, -0.2) is 48.6 Å². The highest BCUT2D eigenvalue weighted by Crippen LogP contribution is 2.32. The lowest BCUT2D eigenvalue weighted by atomic mass is 10.1. The maximum atomic E-state index is 13.1. The summed E-state index contributed by atoms with van der Waals surface area (Å²) in [6.45, 7) is -1.66. The average Bonchev–Trinajstić information content (AvgIpc) is 2.73. The van der Waals surface area contributed by atoms with Crippen molar-refractivity contribution in [1.82, 2.24) is 4.57 Å². The molecule has 11 heteroatoms. The van der Waals surface area contributed by atoms with Crippen molar-refractivity contribution in [2.45, 2.75) is 6.48 Å². The van der Waals surface area contributed by atoms with Gasteiger partial charge in [0.25, 0.3) is 5.56 Å². The van der Waals surface area contributed by atoms with Crippen LogP contribution in [-0.2, 0) is 4.74 Å². The number of hydrogen-bond acceptors (Lipinski definition) is 9. The van der Waals surface area contributed by atoms with E-state index in [1.807, 2.05) is 0 Å². The second-order valence-electron chi connectivity index (χ2n) is 5.83. The molecule has 0 aliphatic carbocycles. The molecule has 2 N–H and O–H groups in total. The molecule has 1 heterocycles. The lowest BCUT2D eigenvalue weighted by molar-refractivity contribution is -0.200. The topological polar surface area (TPSA) is 147 Å². The Kier molecular flexibility index (Phi) is 5.76. The summed E-state index contributed by atoms with van der Waals surface area (Å²) in [4.78, 5) is 37.5. The molecule has 0 radical (unpaired) electrons. The molecule has 0 fully saturated rings. The van der Waals surface area contributed by atoms with Gasteiger partial charge in [-0.05, 0) is 12.1 Å². The number of carbonyl (C=O) groups is 1. The van der Waals surface area contributed by atoms with Crippen molar-refractivity contribution in [3.8, 4) is 22.9 Å². The zero-order valence-electron chi connectivity index (χ0n) is 16.1. The molecule has 0 saturated heterocycles. The van der Waals surface area contributed by atoms with Crippen LogP contribution < -0.4 is 25.5 Å². The fraction of sp³-hybridized carbons (Fsp3) is 0.211.